The number of nitrogens with zero attached hydrogens (tertiary/aromatic N) is 2. The van der Waals surface area contributed by atoms with Crippen molar-refractivity contribution in [1.82, 2.24) is 9.99 Å². The van der Waals surface area contributed by atoms with Gasteiger partial charge in [-0.25, -0.2) is 5.84 Å². The van der Waals surface area contributed by atoms with Crippen molar-refractivity contribution in [3.63, 3.8) is 0 Å². The summed E-state index contributed by atoms with van der Waals surface area (Å²) < 4.78 is 6.13. The molecule has 10 heteroatoms. The summed E-state index contributed by atoms with van der Waals surface area (Å²) in [6.07, 6.45) is 2.35. The molecule has 0 aromatic carbocycles. The molecule has 0 saturated carbocycles. The van der Waals surface area contributed by atoms with Crippen LogP contribution in [0.5, 0.6) is 0 Å². The van der Waals surface area contributed by atoms with Crippen LogP contribution in [0.1, 0.15) is 16.1 Å². The number of halogens is 1. The van der Waals surface area contributed by atoms with E-state index in [2.05, 4.69) is 15.9 Å². The van der Waals surface area contributed by atoms with Gasteiger partial charge in [-0.3, -0.25) is 25.1 Å². The largest absolute Gasteiger partial charge is 0.459 e. The summed E-state index contributed by atoms with van der Waals surface area (Å²) in [5.41, 5.74) is 1.55. The Kier molecular flexibility index (Phi) is 4.19. The minimum Gasteiger partial charge on any atom is -0.459 e. The molecule has 1 amide bonds. The van der Waals surface area contributed by atoms with Crippen LogP contribution in [0.2, 0.25) is 0 Å². The molecular formula is C11H9BrN4O5. The van der Waals surface area contributed by atoms with Crippen LogP contribution in [0.4, 0.5) is 5.69 Å². The molecule has 0 radical (unpaired) electrons. The summed E-state index contributed by atoms with van der Waals surface area (Å²) in [5.74, 6) is 4.30. The Morgan fingerprint density at radius 2 is 2.29 bits per heavy atom. The van der Waals surface area contributed by atoms with Crippen LogP contribution in [-0.4, -0.2) is 15.4 Å². The summed E-state index contributed by atoms with van der Waals surface area (Å²) >= 11 is 2.97. The fourth-order valence-corrected chi connectivity index (χ4v) is 2.17. The van der Waals surface area contributed by atoms with Crippen LogP contribution >= 0.6 is 15.9 Å². The van der Waals surface area contributed by atoms with Gasteiger partial charge in [0.05, 0.1) is 28.4 Å². The minimum absolute atomic E-state index is 0.0463. The fourth-order valence-electron chi connectivity index (χ4n) is 1.71. The molecule has 0 saturated heterocycles. The van der Waals surface area contributed by atoms with Crippen molar-refractivity contribution in [1.29, 1.82) is 0 Å². The summed E-state index contributed by atoms with van der Waals surface area (Å²) in [7, 11) is 0. The number of nitrogen functional groups attached to an aromatic ring is 1. The van der Waals surface area contributed by atoms with E-state index in [0.29, 0.717) is 5.56 Å². The zero-order valence-electron chi connectivity index (χ0n) is 10.4. The third-order valence-corrected chi connectivity index (χ3v) is 3.23. The second-order valence-electron chi connectivity index (χ2n) is 3.98. The molecular weight excluding hydrogens is 348 g/mol. The van der Waals surface area contributed by atoms with Crippen LogP contribution in [0, 0.1) is 10.1 Å². The number of hydrogen-bond acceptors (Lipinski definition) is 6. The van der Waals surface area contributed by atoms with Crippen molar-refractivity contribution >= 4 is 27.5 Å². The lowest BCUT2D eigenvalue weighted by Crippen LogP contribution is -2.31. The Labute approximate surface area is 125 Å². The first-order valence-electron chi connectivity index (χ1n) is 5.55. The van der Waals surface area contributed by atoms with Crippen LogP contribution in [0.25, 0.3) is 0 Å². The third kappa shape index (κ3) is 3.01. The van der Waals surface area contributed by atoms with E-state index in [0.717, 1.165) is 16.8 Å². The maximum Gasteiger partial charge on any atom is 0.301 e. The van der Waals surface area contributed by atoms with Gasteiger partial charge in [-0.05, 0) is 22.0 Å². The molecule has 0 aliphatic rings. The summed E-state index contributed by atoms with van der Waals surface area (Å²) in [5, 5.41) is 10.8. The standard InChI is InChI=1S/C11H9BrN4O5/c12-8-3-7(16(19)20)5-15(11(8)18)4-6-1-2-21-9(6)10(17)14-13/h1-3,5H,4,13H2,(H,14,17). The van der Waals surface area contributed by atoms with E-state index < -0.39 is 16.4 Å². The van der Waals surface area contributed by atoms with E-state index in [1.165, 1.54) is 12.3 Å². The van der Waals surface area contributed by atoms with E-state index in [4.69, 9.17) is 10.3 Å². The number of nitro groups is 1. The highest BCUT2D eigenvalue weighted by atomic mass is 79.9. The second kappa shape index (κ2) is 5.89. The van der Waals surface area contributed by atoms with Gasteiger partial charge in [0, 0.05) is 11.6 Å². The highest BCUT2D eigenvalue weighted by Gasteiger charge is 2.17. The van der Waals surface area contributed by atoms with E-state index in [9.17, 15) is 19.7 Å². The Hall–Kier alpha value is -2.46. The van der Waals surface area contributed by atoms with Crippen molar-refractivity contribution in [2.24, 2.45) is 5.84 Å². The summed E-state index contributed by atoms with van der Waals surface area (Å²) in [6, 6.07) is 2.59. The third-order valence-electron chi connectivity index (χ3n) is 2.66. The van der Waals surface area contributed by atoms with Crippen LogP contribution in [0.3, 0.4) is 0 Å². The molecule has 9 nitrogen and oxygen atoms in total. The Balaban J connectivity index is 2.45. The molecule has 21 heavy (non-hydrogen) atoms. The molecule has 0 atom stereocenters. The number of hydrazine groups is 1. The SMILES string of the molecule is NNC(=O)c1occc1Cn1cc([N+](=O)[O-])cc(Br)c1=O. The normalized spacial score (nSPS) is 10.4. The number of nitrogens with two attached hydrogens (primary N) is 1. The average molecular weight is 357 g/mol. The number of hydrogen-bond donors (Lipinski definition) is 2. The Bertz CT molecular complexity index is 766. The Morgan fingerprint density at radius 1 is 1.57 bits per heavy atom. The molecule has 0 unspecified atom stereocenters. The number of carbonyl (C=O) groups is 1. The number of pyridine rings is 1. The van der Waals surface area contributed by atoms with E-state index in [-0.39, 0.29) is 22.5 Å². The maximum absolute atomic E-state index is 12.0. The van der Waals surface area contributed by atoms with Gasteiger partial charge < -0.3 is 8.98 Å². The molecule has 110 valence electrons. The summed E-state index contributed by atoms with van der Waals surface area (Å²) in [6.45, 7) is -0.0711. The first-order chi connectivity index (χ1) is 9.93. The van der Waals surface area contributed by atoms with Crippen molar-refractivity contribution in [3.8, 4) is 0 Å². The molecule has 2 aromatic heterocycles. The van der Waals surface area contributed by atoms with Crippen molar-refractivity contribution < 1.29 is 14.1 Å². The number of furan rings is 1. The fraction of sp³-hybridized carbons (Fsp3) is 0.0909. The highest BCUT2D eigenvalue weighted by Crippen LogP contribution is 2.17. The topological polar surface area (TPSA) is 133 Å². The smallest absolute Gasteiger partial charge is 0.301 e. The van der Waals surface area contributed by atoms with E-state index in [1.807, 2.05) is 5.43 Å². The van der Waals surface area contributed by atoms with Gasteiger partial charge >= 0.3 is 5.91 Å². The maximum atomic E-state index is 12.0. The number of rotatable bonds is 4. The molecule has 0 aliphatic heterocycles. The van der Waals surface area contributed by atoms with Gasteiger partial charge in [-0.1, -0.05) is 0 Å². The van der Waals surface area contributed by atoms with Crippen LogP contribution in [0.15, 0.2) is 38.3 Å². The predicted molar refractivity (Wildman–Crippen MR) is 74.5 cm³/mol. The molecule has 3 N–H and O–H groups in total. The number of amides is 1. The highest BCUT2D eigenvalue weighted by molar-refractivity contribution is 9.10. The molecule has 0 aliphatic carbocycles. The van der Waals surface area contributed by atoms with Gasteiger partial charge in [0.25, 0.3) is 11.2 Å². The predicted octanol–water partition coefficient (Wildman–Crippen LogP) is 0.764. The number of nitrogens with one attached hydrogen (secondary N) is 1. The number of carbonyl (C=O) groups excluding carboxylic acids is 1. The van der Waals surface area contributed by atoms with Gasteiger partial charge in [0.1, 0.15) is 0 Å². The molecule has 2 rings (SSSR count). The van der Waals surface area contributed by atoms with Gasteiger partial charge in [0.15, 0.2) is 5.76 Å². The zero-order chi connectivity index (χ0) is 15.6. The van der Waals surface area contributed by atoms with Gasteiger partial charge in [0.2, 0.25) is 0 Å². The quantitative estimate of drug-likeness (QED) is 0.359. The van der Waals surface area contributed by atoms with E-state index >= 15 is 0 Å². The van der Waals surface area contributed by atoms with Crippen molar-refractivity contribution in [2.45, 2.75) is 6.54 Å². The zero-order valence-corrected chi connectivity index (χ0v) is 12.0. The molecule has 0 bridgehead atoms. The summed E-state index contributed by atoms with van der Waals surface area (Å²) in [4.78, 5) is 33.6. The van der Waals surface area contributed by atoms with E-state index in [1.54, 1.807) is 0 Å². The average Bonchev–Trinajstić information content (AvgIpc) is 2.90. The molecule has 0 spiro atoms. The molecule has 2 aromatic rings. The van der Waals surface area contributed by atoms with Gasteiger partial charge in [-0.15, -0.1) is 0 Å². The molecule has 2 heterocycles. The molecule has 0 fully saturated rings. The van der Waals surface area contributed by atoms with Crippen molar-refractivity contribution in [2.75, 3.05) is 0 Å². The monoisotopic (exact) mass is 356 g/mol. The van der Waals surface area contributed by atoms with Crippen molar-refractivity contribution in [3.05, 3.63) is 60.9 Å². The lowest BCUT2D eigenvalue weighted by atomic mass is 10.2. The van der Waals surface area contributed by atoms with Crippen LogP contribution in [-0.2, 0) is 6.54 Å². The first-order valence-corrected chi connectivity index (χ1v) is 6.35. The Morgan fingerprint density at radius 3 is 2.90 bits per heavy atom. The lowest BCUT2D eigenvalue weighted by Gasteiger charge is -2.06. The lowest BCUT2D eigenvalue weighted by molar-refractivity contribution is -0.385. The van der Waals surface area contributed by atoms with Gasteiger partial charge in [-0.2, -0.15) is 0 Å². The first kappa shape index (κ1) is 14.9. The minimum atomic E-state index is -0.660. The van der Waals surface area contributed by atoms with Crippen LogP contribution < -0.4 is 16.8 Å². The number of aromatic nitrogens is 1. The second-order valence-corrected chi connectivity index (χ2v) is 4.84.